The lowest BCUT2D eigenvalue weighted by atomic mass is 9.91. The molecule has 0 spiro atoms. The monoisotopic (exact) mass is 416 g/mol. The van der Waals surface area contributed by atoms with E-state index in [1.807, 2.05) is 32.3 Å². The summed E-state index contributed by atoms with van der Waals surface area (Å²) in [5.74, 6) is -1.79. The molecule has 0 aliphatic carbocycles. The van der Waals surface area contributed by atoms with Crippen LogP contribution >= 0.6 is 11.3 Å². The third-order valence-corrected chi connectivity index (χ3v) is 5.99. The van der Waals surface area contributed by atoms with Crippen LogP contribution in [-0.2, 0) is 11.2 Å². The van der Waals surface area contributed by atoms with Gasteiger partial charge in [-0.05, 0) is 38.2 Å². The van der Waals surface area contributed by atoms with Crippen LogP contribution in [0.2, 0.25) is 0 Å². The van der Waals surface area contributed by atoms with Crippen LogP contribution in [0.25, 0.3) is 10.2 Å². The number of anilines is 2. The quantitative estimate of drug-likeness (QED) is 0.688. The highest BCUT2D eigenvalue weighted by Crippen LogP contribution is 2.32. The van der Waals surface area contributed by atoms with Gasteiger partial charge in [-0.25, -0.2) is 13.8 Å². The number of carbonyl (C=O) groups is 1. The number of amides is 1. The number of nitrogens with one attached hydrogen (secondary N) is 1. The van der Waals surface area contributed by atoms with E-state index < -0.39 is 11.6 Å². The third kappa shape index (κ3) is 4.23. The van der Waals surface area contributed by atoms with Crippen molar-refractivity contribution < 1.29 is 13.6 Å². The third-order valence-electron chi connectivity index (χ3n) is 5.07. The van der Waals surface area contributed by atoms with Gasteiger partial charge in [0.05, 0.1) is 10.6 Å². The van der Waals surface area contributed by atoms with E-state index in [4.69, 9.17) is 0 Å². The molecule has 1 unspecified atom stereocenters. The average molecular weight is 416 g/mol. The lowest BCUT2D eigenvalue weighted by Gasteiger charge is -2.36. The number of rotatable bonds is 5. The van der Waals surface area contributed by atoms with Gasteiger partial charge in [0.25, 0.3) is 0 Å². The molecule has 1 N–H and O–H groups in total. The Kier molecular flexibility index (Phi) is 5.47. The highest BCUT2D eigenvalue weighted by molar-refractivity contribution is 7.22. The summed E-state index contributed by atoms with van der Waals surface area (Å²) in [7, 11) is 4.05. The summed E-state index contributed by atoms with van der Waals surface area (Å²) in [5.41, 5.74) is 2.37. The van der Waals surface area contributed by atoms with E-state index in [2.05, 4.69) is 26.2 Å². The number of likely N-dealkylation sites (N-methyl/N-ethyl adjacent to an activating group) is 1. The Balaban J connectivity index is 1.53. The topological polar surface area (TPSA) is 48.5 Å². The van der Waals surface area contributed by atoms with Gasteiger partial charge in [0, 0.05) is 31.4 Å². The second-order valence-electron chi connectivity index (χ2n) is 7.52. The van der Waals surface area contributed by atoms with E-state index in [1.54, 1.807) is 0 Å². The molecule has 1 aliphatic rings. The summed E-state index contributed by atoms with van der Waals surface area (Å²) in [6.07, 6.45) is 0.633. The minimum absolute atomic E-state index is 0.0771. The summed E-state index contributed by atoms with van der Waals surface area (Å²) in [4.78, 5) is 21.4. The molecule has 2 heterocycles. The summed E-state index contributed by atoms with van der Waals surface area (Å²) >= 11 is 1.08. The van der Waals surface area contributed by atoms with Crippen molar-refractivity contribution in [2.75, 3.05) is 43.9 Å². The van der Waals surface area contributed by atoms with Crippen molar-refractivity contribution >= 4 is 38.3 Å². The molecule has 0 radical (unpaired) electrons. The molecule has 0 fully saturated rings. The largest absolute Gasteiger partial charge is 0.369 e. The maximum absolute atomic E-state index is 13.9. The van der Waals surface area contributed by atoms with Crippen molar-refractivity contribution in [2.45, 2.75) is 6.42 Å². The van der Waals surface area contributed by atoms with Gasteiger partial charge < -0.3 is 15.1 Å². The van der Waals surface area contributed by atoms with Crippen LogP contribution in [0.4, 0.5) is 19.6 Å². The fourth-order valence-electron chi connectivity index (χ4n) is 3.61. The van der Waals surface area contributed by atoms with Gasteiger partial charge in [-0.2, -0.15) is 0 Å². The fraction of sp³-hybridized carbons (Fsp3) is 0.333. The van der Waals surface area contributed by atoms with Crippen LogP contribution in [0.15, 0.2) is 36.4 Å². The maximum Gasteiger partial charge on any atom is 0.231 e. The second-order valence-corrected chi connectivity index (χ2v) is 8.55. The first-order valence-electron chi connectivity index (χ1n) is 9.45. The van der Waals surface area contributed by atoms with Crippen LogP contribution in [-0.4, -0.2) is 49.5 Å². The molecule has 0 bridgehead atoms. The van der Waals surface area contributed by atoms with Crippen molar-refractivity contribution in [1.82, 2.24) is 9.88 Å². The summed E-state index contributed by atoms with van der Waals surface area (Å²) < 4.78 is 27.7. The SMILES string of the molecule is CN(C)CCN1CC(C(=O)Nc2nc3c(F)cc(F)cc3s2)Cc2ccccc21. The van der Waals surface area contributed by atoms with E-state index in [9.17, 15) is 13.6 Å². The molecule has 2 aromatic carbocycles. The van der Waals surface area contributed by atoms with Gasteiger partial charge >= 0.3 is 0 Å². The fourth-order valence-corrected chi connectivity index (χ4v) is 4.52. The molecule has 1 aliphatic heterocycles. The van der Waals surface area contributed by atoms with Crippen molar-refractivity contribution in [3.05, 3.63) is 53.6 Å². The van der Waals surface area contributed by atoms with Crippen molar-refractivity contribution in [2.24, 2.45) is 5.92 Å². The minimum atomic E-state index is -0.724. The summed E-state index contributed by atoms with van der Waals surface area (Å²) in [6.45, 7) is 2.30. The lowest BCUT2D eigenvalue weighted by Crippen LogP contribution is -2.43. The number of hydrogen-bond donors (Lipinski definition) is 1. The van der Waals surface area contributed by atoms with Crippen LogP contribution < -0.4 is 10.2 Å². The van der Waals surface area contributed by atoms with Crippen LogP contribution in [0.1, 0.15) is 5.56 Å². The number of halogens is 2. The van der Waals surface area contributed by atoms with Gasteiger partial charge in [-0.1, -0.05) is 29.5 Å². The molecular weight excluding hydrogens is 394 g/mol. The zero-order valence-electron chi connectivity index (χ0n) is 16.3. The lowest BCUT2D eigenvalue weighted by molar-refractivity contribution is -0.119. The van der Waals surface area contributed by atoms with Gasteiger partial charge in [-0.3, -0.25) is 4.79 Å². The molecule has 1 aromatic heterocycles. The summed E-state index contributed by atoms with van der Waals surface area (Å²) in [6, 6.07) is 10.2. The Morgan fingerprint density at radius 3 is 2.90 bits per heavy atom. The molecule has 4 rings (SSSR count). The molecule has 1 amide bonds. The van der Waals surface area contributed by atoms with Crippen LogP contribution in [0.3, 0.4) is 0 Å². The van der Waals surface area contributed by atoms with E-state index in [-0.39, 0.29) is 22.5 Å². The molecule has 0 saturated carbocycles. The Labute approximate surface area is 172 Å². The van der Waals surface area contributed by atoms with Crippen molar-refractivity contribution in [3.8, 4) is 0 Å². The normalized spacial score (nSPS) is 16.3. The molecule has 152 valence electrons. The standard InChI is InChI=1S/C21H22F2N4OS/c1-26(2)7-8-27-12-14(9-13-5-3-4-6-17(13)27)20(28)25-21-24-19-16(23)10-15(22)11-18(19)29-21/h3-6,10-11,14H,7-9,12H2,1-2H3,(H,24,25,28). The average Bonchev–Trinajstić information content (AvgIpc) is 3.08. The van der Waals surface area contributed by atoms with Crippen LogP contribution in [0.5, 0.6) is 0 Å². The first-order chi connectivity index (χ1) is 13.9. The van der Waals surface area contributed by atoms with Gasteiger partial charge in [0.1, 0.15) is 11.3 Å². The zero-order valence-corrected chi connectivity index (χ0v) is 17.1. The highest BCUT2D eigenvalue weighted by atomic mass is 32.1. The Morgan fingerprint density at radius 1 is 1.31 bits per heavy atom. The number of para-hydroxylation sites is 1. The van der Waals surface area contributed by atoms with E-state index in [0.717, 1.165) is 41.7 Å². The molecular formula is C21H22F2N4OS. The number of carbonyl (C=O) groups excluding carboxylic acids is 1. The number of nitrogens with zero attached hydrogens (tertiary/aromatic N) is 3. The maximum atomic E-state index is 13.9. The first kappa shape index (κ1) is 19.7. The van der Waals surface area contributed by atoms with Gasteiger partial charge in [0.15, 0.2) is 10.9 Å². The highest BCUT2D eigenvalue weighted by Gasteiger charge is 2.29. The van der Waals surface area contributed by atoms with Crippen molar-refractivity contribution in [1.29, 1.82) is 0 Å². The van der Waals surface area contributed by atoms with Gasteiger partial charge in [0.2, 0.25) is 5.91 Å². The second kappa shape index (κ2) is 8.04. The van der Waals surface area contributed by atoms with Crippen molar-refractivity contribution in [3.63, 3.8) is 0 Å². The Morgan fingerprint density at radius 2 is 2.10 bits per heavy atom. The van der Waals surface area contributed by atoms with Crippen LogP contribution in [0, 0.1) is 17.6 Å². The minimum Gasteiger partial charge on any atom is -0.369 e. The van der Waals surface area contributed by atoms with E-state index in [1.165, 1.54) is 6.07 Å². The molecule has 0 saturated heterocycles. The Hall–Kier alpha value is -2.58. The smallest absolute Gasteiger partial charge is 0.231 e. The molecule has 1 atom stereocenters. The number of thiazole rings is 1. The molecule has 29 heavy (non-hydrogen) atoms. The number of aromatic nitrogens is 1. The number of benzene rings is 2. The number of fused-ring (bicyclic) bond motifs is 2. The Bertz CT molecular complexity index is 1050. The van der Waals surface area contributed by atoms with Gasteiger partial charge in [-0.15, -0.1) is 0 Å². The predicted molar refractivity (Wildman–Crippen MR) is 113 cm³/mol. The first-order valence-corrected chi connectivity index (χ1v) is 10.3. The molecule has 8 heteroatoms. The summed E-state index contributed by atoms with van der Waals surface area (Å²) in [5, 5.41) is 3.09. The molecule has 5 nitrogen and oxygen atoms in total. The number of hydrogen-bond acceptors (Lipinski definition) is 5. The van der Waals surface area contributed by atoms with E-state index in [0.29, 0.717) is 17.7 Å². The van der Waals surface area contributed by atoms with E-state index >= 15 is 0 Å². The zero-order chi connectivity index (χ0) is 20.5. The predicted octanol–water partition coefficient (Wildman–Crippen LogP) is 3.75. The molecule has 3 aromatic rings.